The predicted molar refractivity (Wildman–Crippen MR) is 106 cm³/mol. The standard InChI is InChI=1S/C18H26FN3O.HI/c1-20-17(22(2)11-14-7-10-23-12-14)21-13-18(8-9-18)15-5-3-4-6-16(15)19;/h3-6,14H,7-13H2,1-2H3,(H,20,21);1H. The second-order valence-electron chi connectivity index (χ2n) is 6.77. The molecule has 2 fully saturated rings. The molecule has 2 aliphatic rings. The first-order valence-corrected chi connectivity index (χ1v) is 8.39. The largest absolute Gasteiger partial charge is 0.381 e. The Balaban J connectivity index is 0.00000208. The van der Waals surface area contributed by atoms with Crippen molar-refractivity contribution < 1.29 is 9.13 Å². The van der Waals surface area contributed by atoms with Gasteiger partial charge in [0.05, 0.1) is 6.61 Å². The summed E-state index contributed by atoms with van der Waals surface area (Å²) in [5, 5.41) is 3.44. The molecule has 1 unspecified atom stereocenters. The van der Waals surface area contributed by atoms with E-state index in [0.717, 1.165) is 57.1 Å². The first kappa shape index (κ1) is 19.4. The third-order valence-corrected chi connectivity index (χ3v) is 5.01. The molecule has 6 heteroatoms. The van der Waals surface area contributed by atoms with Gasteiger partial charge in [0, 0.05) is 45.1 Å². The molecule has 24 heavy (non-hydrogen) atoms. The lowest BCUT2D eigenvalue weighted by Crippen LogP contribution is -2.44. The molecule has 0 aromatic heterocycles. The van der Waals surface area contributed by atoms with Crippen molar-refractivity contribution >= 4 is 29.9 Å². The molecular formula is C18H27FIN3O. The van der Waals surface area contributed by atoms with Gasteiger partial charge in [0.2, 0.25) is 0 Å². The van der Waals surface area contributed by atoms with Crippen LogP contribution in [0.3, 0.4) is 0 Å². The van der Waals surface area contributed by atoms with Crippen LogP contribution in [0.15, 0.2) is 29.3 Å². The van der Waals surface area contributed by atoms with Crippen molar-refractivity contribution in [3.63, 3.8) is 0 Å². The summed E-state index contributed by atoms with van der Waals surface area (Å²) in [7, 11) is 3.85. The molecule has 4 nitrogen and oxygen atoms in total. The number of aliphatic imine (C=N–C) groups is 1. The summed E-state index contributed by atoms with van der Waals surface area (Å²) in [6, 6.07) is 7.13. The van der Waals surface area contributed by atoms with E-state index < -0.39 is 0 Å². The van der Waals surface area contributed by atoms with Gasteiger partial charge in [-0.05, 0) is 30.9 Å². The van der Waals surface area contributed by atoms with Crippen LogP contribution in [0, 0.1) is 11.7 Å². The fraction of sp³-hybridized carbons (Fsp3) is 0.611. The third kappa shape index (κ3) is 4.39. The molecule has 1 atom stereocenters. The van der Waals surface area contributed by atoms with E-state index in [9.17, 15) is 4.39 Å². The van der Waals surface area contributed by atoms with Crippen molar-refractivity contribution in [2.45, 2.75) is 24.7 Å². The van der Waals surface area contributed by atoms with Crippen LogP contribution >= 0.6 is 24.0 Å². The number of rotatable bonds is 5. The zero-order valence-electron chi connectivity index (χ0n) is 14.4. The van der Waals surface area contributed by atoms with Crippen LogP contribution in [0.2, 0.25) is 0 Å². The van der Waals surface area contributed by atoms with Crippen LogP contribution in [0.4, 0.5) is 4.39 Å². The number of hydrogen-bond acceptors (Lipinski definition) is 2. The Hall–Kier alpha value is -0.890. The number of nitrogens with zero attached hydrogens (tertiary/aromatic N) is 2. The first-order valence-electron chi connectivity index (χ1n) is 8.39. The minimum Gasteiger partial charge on any atom is -0.381 e. The average Bonchev–Trinajstić information content (AvgIpc) is 3.16. The van der Waals surface area contributed by atoms with Gasteiger partial charge in [-0.25, -0.2) is 4.39 Å². The summed E-state index contributed by atoms with van der Waals surface area (Å²) in [5.74, 6) is 1.35. The van der Waals surface area contributed by atoms with Crippen LogP contribution in [0.5, 0.6) is 0 Å². The Kier molecular flexibility index (Phi) is 6.86. The second kappa shape index (κ2) is 8.47. The SMILES string of the molecule is CN=C(NCC1(c2ccccc2F)CC1)N(C)CC1CCOC1.I. The van der Waals surface area contributed by atoms with E-state index in [1.54, 1.807) is 19.2 Å². The topological polar surface area (TPSA) is 36.9 Å². The quantitative estimate of drug-likeness (QED) is 0.429. The number of hydrogen-bond donors (Lipinski definition) is 1. The van der Waals surface area contributed by atoms with E-state index in [1.165, 1.54) is 0 Å². The number of nitrogens with one attached hydrogen (secondary N) is 1. The Labute approximate surface area is 160 Å². The molecule has 0 radical (unpaired) electrons. The van der Waals surface area contributed by atoms with Gasteiger partial charge in [0.25, 0.3) is 0 Å². The van der Waals surface area contributed by atoms with Gasteiger partial charge in [-0.3, -0.25) is 4.99 Å². The molecule has 1 saturated carbocycles. The predicted octanol–water partition coefficient (Wildman–Crippen LogP) is 3.02. The summed E-state index contributed by atoms with van der Waals surface area (Å²) < 4.78 is 19.5. The van der Waals surface area contributed by atoms with Crippen molar-refractivity contribution in [3.8, 4) is 0 Å². The van der Waals surface area contributed by atoms with Crippen LogP contribution in [-0.2, 0) is 10.2 Å². The molecule has 0 spiro atoms. The Bertz CT molecular complexity index is 571. The molecule has 3 rings (SSSR count). The van der Waals surface area contributed by atoms with E-state index in [4.69, 9.17) is 4.74 Å². The van der Waals surface area contributed by atoms with Crippen molar-refractivity contribution in [1.82, 2.24) is 10.2 Å². The minimum atomic E-state index is -0.0988. The number of ether oxygens (including phenoxy) is 1. The highest BCUT2D eigenvalue weighted by atomic mass is 127. The molecule has 0 bridgehead atoms. The first-order chi connectivity index (χ1) is 11.1. The summed E-state index contributed by atoms with van der Waals surface area (Å²) in [6.07, 6.45) is 3.16. The highest BCUT2D eigenvalue weighted by Crippen LogP contribution is 2.48. The Morgan fingerprint density at radius 2 is 2.17 bits per heavy atom. The van der Waals surface area contributed by atoms with Gasteiger partial charge in [-0.15, -0.1) is 24.0 Å². The van der Waals surface area contributed by atoms with Crippen LogP contribution < -0.4 is 5.32 Å². The lowest BCUT2D eigenvalue weighted by molar-refractivity contribution is 0.181. The lowest BCUT2D eigenvalue weighted by Gasteiger charge is -2.26. The van der Waals surface area contributed by atoms with Crippen LogP contribution in [0.1, 0.15) is 24.8 Å². The van der Waals surface area contributed by atoms with Crippen molar-refractivity contribution in [2.75, 3.05) is 40.4 Å². The molecular weight excluding hydrogens is 420 g/mol. The molecule has 1 aliphatic heterocycles. The van der Waals surface area contributed by atoms with Gasteiger partial charge >= 0.3 is 0 Å². The Morgan fingerprint density at radius 1 is 1.42 bits per heavy atom. The van der Waals surface area contributed by atoms with E-state index in [1.807, 2.05) is 12.1 Å². The van der Waals surface area contributed by atoms with E-state index in [-0.39, 0.29) is 35.2 Å². The monoisotopic (exact) mass is 447 g/mol. The third-order valence-electron chi connectivity index (χ3n) is 5.01. The number of benzene rings is 1. The smallest absolute Gasteiger partial charge is 0.193 e. The molecule has 1 heterocycles. The highest BCUT2D eigenvalue weighted by molar-refractivity contribution is 14.0. The van der Waals surface area contributed by atoms with Crippen molar-refractivity contribution in [3.05, 3.63) is 35.6 Å². The molecule has 1 N–H and O–H groups in total. The fourth-order valence-electron chi connectivity index (χ4n) is 3.42. The summed E-state index contributed by atoms with van der Waals surface area (Å²) >= 11 is 0. The average molecular weight is 447 g/mol. The van der Waals surface area contributed by atoms with Crippen molar-refractivity contribution in [2.24, 2.45) is 10.9 Å². The zero-order valence-corrected chi connectivity index (χ0v) is 16.8. The van der Waals surface area contributed by atoms with Gasteiger partial charge in [-0.2, -0.15) is 0 Å². The summed E-state index contributed by atoms with van der Waals surface area (Å²) in [5.41, 5.74) is 0.758. The molecule has 1 aromatic carbocycles. The lowest BCUT2D eigenvalue weighted by atomic mass is 9.95. The maximum atomic E-state index is 14.1. The maximum absolute atomic E-state index is 14.1. The van der Waals surface area contributed by atoms with E-state index in [2.05, 4.69) is 22.3 Å². The summed E-state index contributed by atoms with van der Waals surface area (Å²) in [6.45, 7) is 3.36. The second-order valence-corrected chi connectivity index (χ2v) is 6.77. The zero-order chi connectivity index (χ0) is 16.3. The van der Waals surface area contributed by atoms with E-state index >= 15 is 0 Å². The molecule has 0 amide bonds. The molecule has 1 aliphatic carbocycles. The van der Waals surface area contributed by atoms with Gasteiger partial charge < -0.3 is 15.0 Å². The fourth-order valence-corrected chi connectivity index (χ4v) is 3.42. The van der Waals surface area contributed by atoms with Gasteiger partial charge in [0.1, 0.15) is 5.82 Å². The maximum Gasteiger partial charge on any atom is 0.193 e. The Morgan fingerprint density at radius 3 is 2.75 bits per heavy atom. The van der Waals surface area contributed by atoms with Crippen LogP contribution in [-0.4, -0.2) is 51.3 Å². The number of guanidine groups is 1. The summed E-state index contributed by atoms with van der Waals surface area (Å²) in [4.78, 5) is 6.52. The number of halogens is 2. The van der Waals surface area contributed by atoms with Gasteiger partial charge in [0.15, 0.2) is 5.96 Å². The highest BCUT2D eigenvalue weighted by Gasteiger charge is 2.45. The van der Waals surface area contributed by atoms with Crippen molar-refractivity contribution in [1.29, 1.82) is 0 Å². The normalized spacial score (nSPS) is 22.0. The molecule has 1 aromatic rings. The van der Waals surface area contributed by atoms with Gasteiger partial charge in [-0.1, -0.05) is 18.2 Å². The van der Waals surface area contributed by atoms with Crippen LogP contribution in [0.25, 0.3) is 0 Å². The van der Waals surface area contributed by atoms with E-state index in [0.29, 0.717) is 5.92 Å². The molecule has 1 saturated heterocycles. The molecule has 134 valence electrons. The minimum absolute atomic E-state index is 0.